The number of fused-ring (bicyclic) bond motifs is 1. The molecule has 1 aliphatic rings. The van der Waals surface area contributed by atoms with E-state index in [1.165, 1.54) is 16.0 Å². The lowest BCUT2D eigenvalue weighted by molar-refractivity contribution is -0.125. The summed E-state index contributed by atoms with van der Waals surface area (Å²) in [7, 11) is 0. The average Bonchev–Trinajstić information content (AvgIpc) is 3.37. The molecule has 36 heavy (non-hydrogen) atoms. The van der Waals surface area contributed by atoms with Crippen LogP contribution in [0.25, 0.3) is 11.3 Å². The summed E-state index contributed by atoms with van der Waals surface area (Å²) in [5, 5.41) is 5.96. The summed E-state index contributed by atoms with van der Waals surface area (Å²) in [5.41, 5.74) is 5.38. The van der Waals surface area contributed by atoms with Crippen LogP contribution in [0.15, 0.2) is 78.2 Å². The van der Waals surface area contributed by atoms with Crippen LogP contribution in [0.4, 0.5) is 11.4 Å². The van der Waals surface area contributed by atoms with E-state index in [0.29, 0.717) is 17.1 Å². The minimum absolute atomic E-state index is 0.104. The number of anilines is 2. The van der Waals surface area contributed by atoms with Gasteiger partial charge in [0.1, 0.15) is 11.8 Å². The minimum Gasteiger partial charge on any atom is -0.482 e. The van der Waals surface area contributed by atoms with Crippen LogP contribution >= 0.6 is 11.3 Å². The third-order valence-electron chi connectivity index (χ3n) is 6.28. The van der Waals surface area contributed by atoms with Crippen molar-refractivity contribution in [1.82, 2.24) is 4.98 Å². The molecule has 0 radical (unpaired) electrons. The van der Waals surface area contributed by atoms with Gasteiger partial charge >= 0.3 is 0 Å². The number of hydrogen-bond acceptors (Lipinski definition) is 5. The van der Waals surface area contributed by atoms with E-state index in [-0.39, 0.29) is 18.4 Å². The molecule has 0 saturated heterocycles. The largest absolute Gasteiger partial charge is 0.482 e. The molecule has 3 aromatic carbocycles. The number of amides is 2. The summed E-state index contributed by atoms with van der Waals surface area (Å²) < 4.78 is 5.67. The van der Waals surface area contributed by atoms with Crippen molar-refractivity contribution in [1.29, 1.82) is 0 Å². The number of aryl methyl sites for hydroxylation is 1. The summed E-state index contributed by atoms with van der Waals surface area (Å²) in [4.78, 5) is 32.3. The molecule has 2 amide bonds. The highest BCUT2D eigenvalue weighted by Crippen LogP contribution is 2.37. The molecule has 1 aromatic heterocycles. The van der Waals surface area contributed by atoms with Gasteiger partial charge in [0.2, 0.25) is 5.91 Å². The van der Waals surface area contributed by atoms with Crippen LogP contribution in [0.3, 0.4) is 0 Å². The average molecular weight is 498 g/mol. The molecule has 1 atom stereocenters. The molecule has 0 fully saturated rings. The van der Waals surface area contributed by atoms with Crippen LogP contribution in [0.5, 0.6) is 5.75 Å². The highest BCUT2D eigenvalue weighted by atomic mass is 32.1. The van der Waals surface area contributed by atoms with Gasteiger partial charge in [0, 0.05) is 23.1 Å². The molecule has 182 valence electrons. The van der Waals surface area contributed by atoms with Crippen LogP contribution in [-0.2, 0) is 22.4 Å². The van der Waals surface area contributed by atoms with Crippen molar-refractivity contribution in [3.8, 4) is 17.0 Å². The monoisotopic (exact) mass is 497 g/mol. The van der Waals surface area contributed by atoms with Crippen molar-refractivity contribution in [2.45, 2.75) is 32.7 Å². The Hall–Kier alpha value is -3.97. The zero-order valence-electron chi connectivity index (χ0n) is 20.2. The first-order valence-corrected chi connectivity index (χ1v) is 12.9. The third-order valence-corrected chi connectivity index (χ3v) is 7.13. The highest BCUT2D eigenvalue weighted by molar-refractivity contribution is 7.10. The molecule has 0 aliphatic carbocycles. The van der Waals surface area contributed by atoms with Gasteiger partial charge in [-0.1, -0.05) is 49.4 Å². The quantitative estimate of drug-likeness (QED) is 0.355. The van der Waals surface area contributed by atoms with Crippen LogP contribution in [0.1, 0.15) is 30.0 Å². The Morgan fingerprint density at radius 1 is 1.08 bits per heavy atom. The molecule has 0 spiro atoms. The van der Waals surface area contributed by atoms with E-state index in [2.05, 4.69) is 24.4 Å². The Bertz CT molecular complexity index is 1380. The molecule has 1 unspecified atom stereocenters. The zero-order valence-corrected chi connectivity index (χ0v) is 21.0. The number of rotatable bonds is 7. The number of nitrogens with one attached hydrogen (secondary N) is 1. The van der Waals surface area contributed by atoms with Gasteiger partial charge < -0.3 is 10.1 Å². The van der Waals surface area contributed by atoms with Gasteiger partial charge in [-0.2, -0.15) is 0 Å². The van der Waals surface area contributed by atoms with E-state index < -0.39 is 6.04 Å². The van der Waals surface area contributed by atoms with E-state index in [1.807, 2.05) is 66.0 Å². The molecule has 2 heterocycles. The van der Waals surface area contributed by atoms with Crippen molar-refractivity contribution in [2.75, 3.05) is 16.8 Å². The number of carbonyl (C=O) groups is 2. The lowest BCUT2D eigenvalue weighted by Gasteiger charge is -2.33. The lowest BCUT2D eigenvalue weighted by Crippen LogP contribution is -2.49. The van der Waals surface area contributed by atoms with Crippen LogP contribution in [0, 0.1) is 0 Å². The summed E-state index contributed by atoms with van der Waals surface area (Å²) in [6, 6.07) is 22.9. The molecule has 4 aromatic rings. The summed E-state index contributed by atoms with van der Waals surface area (Å²) in [6.45, 7) is 3.71. The van der Waals surface area contributed by atoms with Crippen molar-refractivity contribution in [3.63, 3.8) is 0 Å². The van der Waals surface area contributed by atoms with Gasteiger partial charge in [0.25, 0.3) is 5.91 Å². The molecule has 0 bridgehead atoms. The number of nitrogens with zero attached hydrogens (tertiary/aromatic N) is 2. The first-order valence-electron chi connectivity index (χ1n) is 12.0. The Kier molecular flexibility index (Phi) is 6.82. The second kappa shape index (κ2) is 10.3. The Morgan fingerprint density at radius 3 is 2.61 bits per heavy atom. The van der Waals surface area contributed by atoms with Crippen molar-refractivity contribution >= 4 is 34.5 Å². The van der Waals surface area contributed by atoms with Gasteiger partial charge in [-0.15, -0.1) is 11.3 Å². The Balaban J connectivity index is 1.38. The molecule has 0 saturated carbocycles. The van der Waals surface area contributed by atoms with Crippen molar-refractivity contribution < 1.29 is 14.3 Å². The van der Waals surface area contributed by atoms with Gasteiger partial charge in [-0.3, -0.25) is 14.5 Å². The molecular formula is C29H27N3O3S. The van der Waals surface area contributed by atoms with E-state index in [4.69, 9.17) is 9.72 Å². The fourth-order valence-electron chi connectivity index (χ4n) is 4.24. The zero-order chi connectivity index (χ0) is 25.1. The predicted octanol–water partition coefficient (Wildman–Crippen LogP) is 5.72. The van der Waals surface area contributed by atoms with E-state index in [9.17, 15) is 9.59 Å². The number of hydrogen-bond donors (Lipinski definition) is 1. The fraction of sp³-hybridized carbons (Fsp3) is 0.207. The maximum absolute atomic E-state index is 13.1. The number of benzene rings is 3. The third kappa shape index (κ3) is 5.02. The maximum atomic E-state index is 13.1. The minimum atomic E-state index is -0.717. The topological polar surface area (TPSA) is 71.5 Å². The molecule has 6 nitrogen and oxygen atoms in total. The first kappa shape index (κ1) is 23.8. The summed E-state index contributed by atoms with van der Waals surface area (Å²) >= 11 is 1.61. The van der Waals surface area contributed by atoms with E-state index >= 15 is 0 Å². The molecule has 7 heteroatoms. The maximum Gasteiger partial charge on any atom is 0.265 e. The predicted molar refractivity (Wildman–Crippen MR) is 144 cm³/mol. The van der Waals surface area contributed by atoms with E-state index in [1.54, 1.807) is 18.3 Å². The normalized spacial score (nSPS) is 13.6. The van der Waals surface area contributed by atoms with Crippen LogP contribution < -0.4 is 15.0 Å². The van der Waals surface area contributed by atoms with Gasteiger partial charge in [0.05, 0.1) is 16.4 Å². The van der Waals surface area contributed by atoms with Crippen molar-refractivity contribution in [3.05, 3.63) is 94.3 Å². The Morgan fingerprint density at radius 2 is 1.86 bits per heavy atom. The summed E-state index contributed by atoms with van der Waals surface area (Å²) in [6.07, 6.45) is 1.69. The van der Waals surface area contributed by atoms with Crippen molar-refractivity contribution in [2.24, 2.45) is 0 Å². The molecular weight excluding hydrogens is 470 g/mol. The van der Waals surface area contributed by atoms with Gasteiger partial charge in [-0.25, -0.2) is 4.98 Å². The second-order valence-electron chi connectivity index (χ2n) is 8.74. The van der Waals surface area contributed by atoms with Gasteiger partial charge in [0.15, 0.2) is 6.61 Å². The smallest absolute Gasteiger partial charge is 0.265 e. The number of carbonyl (C=O) groups excluding carboxylic acids is 2. The molecule has 1 aliphatic heterocycles. The fourth-order valence-corrected chi connectivity index (χ4v) is 5.08. The Labute approximate surface area is 214 Å². The standard InChI is InChI=1S/C29H27N3O3S/c1-3-20-9-12-23(13-10-20)30-29(34)19(2)32-25-16-22(11-14-26(25)35-17-28(32)33)24-18-36-27(31-24)15-21-7-5-4-6-8-21/h4-14,16,18-19H,3,15,17H2,1-2H3,(H,30,34). The number of aromatic nitrogens is 1. The number of ether oxygens (including phenoxy) is 1. The van der Waals surface area contributed by atoms with Gasteiger partial charge in [-0.05, 0) is 54.8 Å². The van der Waals surface area contributed by atoms with Crippen LogP contribution in [-0.4, -0.2) is 29.4 Å². The second-order valence-corrected chi connectivity index (χ2v) is 9.68. The first-order chi connectivity index (χ1) is 17.5. The van der Waals surface area contributed by atoms with E-state index in [0.717, 1.165) is 29.1 Å². The molecule has 5 rings (SSSR count). The SMILES string of the molecule is CCc1ccc(NC(=O)C(C)N2C(=O)COc3ccc(-c4csc(Cc5ccccc5)n4)cc32)cc1. The van der Waals surface area contributed by atoms with Crippen LogP contribution in [0.2, 0.25) is 0 Å². The highest BCUT2D eigenvalue weighted by Gasteiger charge is 2.33. The lowest BCUT2D eigenvalue weighted by atomic mass is 10.1. The molecule has 1 N–H and O–H groups in total. The summed E-state index contributed by atoms with van der Waals surface area (Å²) in [5.74, 6) is 0.0568. The number of thiazole rings is 1.